The first kappa shape index (κ1) is 15.2. The van der Waals surface area contributed by atoms with Gasteiger partial charge in [-0.2, -0.15) is 0 Å². The van der Waals surface area contributed by atoms with Gasteiger partial charge >= 0.3 is 0 Å². The van der Waals surface area contributed by atoms with Crippen molar-refractivity contribution in [1.29, 1.82) is 0 Å². The summed E-state index contributed by atoms with van der Waals surface area (Å²) in [5.74, 6) is 1.000. The number of aliphatic imine (C=N–C) groups is 2. The highest BCUT2D eigenvalue weighted by Crippen LogP contribution is 2.29. The highest BCUT2D eigenvalue weighted by molar-refractivity contribution is 6.03. The molecular formula is C15H26N4O. The minimum Gasteiger partial charge on any atom is -0.389 e. The lowest BCUT2D eigenvalue weighted by Crippen LogP contribution is -2.39. The summed E-state index contributed by atoms with van der Waals surface area (Å²) in [6.45, 7) is 12.3. The van der Waals surface area contributed by atoms with Gasteiger partial charge in [0.25, 0.3) is 0 Å². The maximum atomic E-state index is 9.68. The zero-order valence-electron chi connectivity index (χ0n) is 13.1. The van der Waals surface area contributed by atoms with Crippen molar-refractivity contribution in [2.24, 2.45) is 15.4 Å². The number of aliphatic hydroxyl groups is 1. The van der Waals surface area contributed by atoms with E-state index >= 15 is 0 Å². The Hall–Kier alpha value is -1.20. The molecule has 20 heavy (non-hydrogen) atoms. The van der Waals surface area contributed by atoms with Crippen LogP contribution in [0.1, 0.15) is 34.6 Å². The summed E-state index contributed by atoms with van der Waals surface area (Å²) < 4.78 is 0. The lowest BCUT2D eigenvalue weighted by Gasteiger charge is -2.25. The summed E-state index contributed by atoms with van der Waals surface area (Å²) in [7, 11) is 0. The largest absolute Gasteiger partial charge is 0.389 e. The fourth-order valence-corrected chi connectivity index (χ4v) is 2.21. The molecular weight excluding hydrogens is 252 g/mol. The molecule has 0 fully saturated rings. The molecule has 1 atom stereocenters. The van der Waals surface area contributed by atoms with Crippen LogP contribution in [0, 0.1) is 5.41 Å². The molecule has 1 unspecified atom stereocenters. The minimum atomic E-state index is -0.681. The molecule has 0 saturated carbocycles. The van der Waals surface area contributed by atoms with Gasteiger partial charge in [0.05, 0.1) is 23.7 Å². The first-order chi connectivity index (χ1) is 9.15. The van der Waals surface area contributed by atoms with Crippen LogP contribution in [0.4, 0.5) is 0 Å². The molecule has 0 aromatic rings. The van der Waals surface area contributed by atoms with Crippen LogP contribution >= 0.6 is 0 Å². The summed E-state index contributed by atoms with van der Waals surface area (Å²) in [5.41, 5.74) is 0.430. The first-order valence-corrected chi connectivity index (χ1v) is 7.19. The Balaban J connectivity index is 1.95. The number of nitrogens with one attached hydrogen (secondary N) is 1. The quantitative estimate of drug-likeness (QED) is 0.817. The summed E-state index contributed by atoms with van der Waals surface area (Å²) in [6, 6.07) is 0.217. The van der Waals surface area contributed by atoms with Crippen LogP contribution in [0.3, 0.4) is 0 Å². The van der Waals surface area contributed by atoms with E-state index in [1.165, 1.54) is 0 Å². The smallest absolute Gasteiger partial charge is 0.130 e. The average Bonchev–Trinajstić information content (AvgIpc) is 2.67. The van der Waals surface area contributed by atoms with Gasteiger partial charge in [-0.25, -0.2) is 4.99 Å². The number of nitrogens with zero attached hydrogens (tertiary/aromatic N) is 3. The van der Waals surface area contributed by atoms with Crippen molar-refractivity contribution in [2.75, 3.05) is 19.6 Å². The Labute approximate surface area is 121 Å². The van der Waals surface area contributed by atoms with Crippen LogP contribution in [0.15, 0.2) is 21.8 Å². The second-order valence-electron chi connectivity index (χ2n) is 7.26. The van der Waals surface area contributed by atoms with Crippen molar-refractivity contribution >= 4 is 12.2 Å². The van der Waals surface area contributed by atoms with Crippen LogP contribution in [-0.2, 0) is 0 Å². The molecule has 2 N–H and O–H groups in total. The SMILES string of the molecule is CC(C)(O)CNCC1CN2C=NC(C(C)(C)C)=CC2=N1. The first-order valence-electron chi connectivity index (χ1n) is 7.19. The van der Waals surface area contributed by atoms with Crippen LogP contribution in [0.2, 0.25) is 0 Å². The van der Waals surface area contributed by atoms with Crippen molar-refractivity contribution in [3.05, 3.63) is 11.8 Å². The van der Waals surface area contributed by atoms with Gasteiger partial charge in [0, 0.05) is 31.1 Å². The zero-order valence-corrected chi connectivity index (χ0v) is 13.1. The molecule has 0 aromatic carbocycles. The molecule has 0 aromatic heterocycles. The number of fused-ring (bicyclic) bond motifs is 1. The van der Waals surface area contributed by atoms with E-state index in [1.54, 1.807) is 13.8 Å². The highest BCUT2D eigenvalue weighted by Gasteiger charge is 2.28. The molecule has 2 aliphatic rings. The zero-order chi connectivity index (χ0) is 15.0. The fourth-order valence-electron chi connectivity index (χ4n) is 2.21. The van der Waals surface area contributed by atoms with Crippen molar-refractivity contribution in [2.45, 2.75) is 46.3 Å². The molecule has 0 bridgehead atoms. The van der Waals surface area contributed by atoms with Crippen molar-refractivity contribution in [1.82, 2.24) is 10.2 Å². The summed E-state index contributed by atoms with van der Waals surface area (Å²) in [6.07, 6.45) is 3.96. The molecule has 2 aliphatic heterocycles. The van der Waals surface area contributed by atoms with Gasteiger partial charge in [0.1, 0.15) is 5.84 Å². The number of hydrogen-bond acceptors (Lipinski definition) is 5. The second-order valence-corrected chi connectivity index (χ2v) is 7.26. The Morgan fingerprint density at radius 2 is 2.05 bits per heavy atom. The van der Waals surface area contributed by atoms with Crippen molar-refractivity contribution in [3.63, 3.8) is 0 Å². The number of amidine groups is 1. The number of rotatable bonds is 4. The third-order valence-electron chi connectivity index (χ3n) is 3.32. The molecule has 0 spiro atoms. The minimum absolute atomic E-state index is 0.0440. The Morgan fingerprint density at radius 3 is 2.65 bits per heavy atom. The molecule has 0 saturated heterocycles. The van der Waals surface area contributed by atoms with E-state index in [4.69, 9.17) is 4.99 Å². The van der Waals surface area contributed by atoms with E-state index in [2.05, 4.69) is 42.1 Å². The molecule has 112 valence electrons. The van der Waals surface area contributed by atoms with Gasteiger partial charge in [0.15, 0.2) is 0 Å². The second kappa shape index (κ2) is 5.30. The monoisotopic (exact) mass is 278 g/mol. The normalized spacial score (nSPS) is 22.7. The summed E-state index contributed by atoms with van der Waals surface area (Å²) >= 11 is 0. The van der Waals surface area contributed by atoms with E-state index in [0.717, 1.165) is 24.6 Å². The predicted molar refractivity (Wildman–Crippen MR) is 83.1 cm³/mol. The Bertz CT molecular complexity index is 451. The van der Waals surface area contributed by atoms with Gasteiger partial charge in [-0.3, -0.25) is 4.99 Å². The highest BCUT2D eigenvalue weighted by atomic mass is 16.3. The van der Waals surface area contributed by atoms with Gasteiger partial charge in [-0.1, -0.05) is 20.8 Å². The van der Waals surface area contributed by atoms with E-state index in [0.29, 0.717) is 6.54 Å². The number of hydrogen-bond donors (Lipinski definition) is 2. The van der Waals surface area contributed by atoms with Gasteiger partial charge < -0.3 is 15.3 Å². The Kier molecular flexibility index (Phi) is 4.02. The fraction of sp³-hybridized carbons (Fsp3) is 0.733. The lowest BCUT2D eigenvalue weighted by molar-refractivity contribution is 0.0796. The maximum absolute atomic E-state index is 9.68. The summed E-state index contributed by atoms with van der Waals surface area (Å²) in [5, 5.41) is 13.0. The van der Waals surface area contributed by atoms with Crippen LogP contribution in [0.25, 0.3) is 0 Å². The predicted octanol–water partition coefficient (Wildman–Crippen LogP) is 1.40. The molecule has 0 radical (unpaired) electrons. The van der Waals surface area contributed by atoms with Crippen LogP contribution in [0.5, 0.6) is 0 Å². The topological polar surface area (TPSA) is 60.2 Å². The molecule has 5 heteroatoms. The summed E-state index contributed by atoms with van der Waals surface area (Å²) in [4.78, 5) is 11.3. The van der Waals surface area contributed by atoms with Gasteiger partial charge in [-0.15, -0.1) is 0 Å². The van der Waals surface area contributed by atoms with Gasteiger partial charge in [-0.05, 0) is 13.8 Å². The molecule has 5 nitrogen and oxygen atoms in total. The number of allylic oxidation sites excluding steroid dienone is 1. The van der Waals surface area contributed by atoms with E-state index in [9.17, 15) is 5.11 Å². The third-order valence-corrected chi connectivity index (χ3v) is 3.32. The molecule has 2 heterocycles. The van der Waals surface area contributed by atoms with E-state index < -0.39 is 5.60 Å². The molecule has 2 rings (SSSR count). The molecule has 0 aliphatic carbocycles. The molecule has 0 amide bonds. The average molecular weight is 278 g/mol. The lowest BCUT2D eigenvalue weighted by atomic mass is 9.91. The standard InChI is InChI=1S/C15H26N4O/c1-14(2,3)12-6-13-18-11(8-19(13)10-17-12)7-16-9-15(4,5)20/h6,10-11,16,20H,7-9H2,1-5H3. The third kappa shape index (κ3) is 3.90. The van der Waals surface area contributed by atoms with Gasteiger partial charge in [0.2, 0.25) is 0 Å². The van der Waals surface area contributed by atoms with Crippen molar-refractivity contribution in [3.8, 4) is 0 Å². The van der Waals surface area contributed by atoms with Crippen molar-refractivity contribution < 1.29 is 5.11 Å². The maximum Gasteiger partial charge on any atom is 0.130 e. The van der Waals surface area contributed by atoms with E-state index in [-0.39, 0.29) is 11.5 Å². The van der Waals surface area contributed by atoms with E-state index in [1.807, 2.05) is 6.34 Å². The Morgan fingerprint density at radius 1 is 1.35 bits per heavy atom. The van der Waals surface area contributed by atoms with Crippen LogP contribution in [-0.4, -0.2) is 53.5 Å². The van der Waals surface area contributed by atoms with Crippen LogP contribution < -0.4 is 5.32 Å².